The molecule has 0 aromatic heterocycles. The molecule has 1 unspecified atom stereocenters. The molecule has 1 atom stereocenters. The van der Waals surface area contributed by atoms with Gasteiger partial charge < -0.3 is 11.1 Å². The summed E-state index contributed by atoms with van der Waals surface area (Å²) in [4.78, 5) is 11.9. The second kappa shape index (κ2) is 8.23. The van der Waals surface area contributed by atoms with Gasteiger partial charge in [-0.25, -0.2) is 13.1 Å². The quantitative estimate of drug-likeness (QED) is 0.667. The molecule has 0 aliphatic rings. The van der Waals surface area contributed by atoms with E-state index >= 15 is 0 Å². The van der Waals surface area contributed by atoms with Crippen LogP contribution in [0.1, 0.15) is 13.3 Å². The number of hydrogen-bond acceptors (Lipinski definition) is 4. The molecule has 0 radical (unpaired) electrons. The van der Waals surface area contributed by atoms with Crippen LogP contribution in [0.15, 0.2) is 47.4 Å². The Morgan fingerprint density at radius 2 is 1.88 bits per heavy atom. The molecule has 0 heterocycles. The lowest BCUT2D eigenvalue weighted by Crippen LogP contribution is -2.34. The molecule has 1 amide bonds. The Bertz CT molecular complexity index is 806. The molecule has 0 fully saturated rings. The zero-order valence-electron chi connectivity index (χ0n) is 13.7. The minimum absolute atomic E-state index is 0.0536. The van der Waals surface area contributed by atoms with E-state index in [1.165, 1.54) is 0 Å². The highest BCUT2D eigenvalue weighted by molar-refractivity contribution is 7.89. The van der Waals surface area contributed by atoms with Gasteiger partial charge in [-0.15, -0.1) is 0 Å². The first-order chi connectivity index (χ1) is 11.4. The van der Waals surface area contributed by atoms with Crippen LogP contribution in [-0.2, 0) is 14.8 Å². The molecule has 24 heavy (non-hydrogen) atoms. The molecule has 4 N–H and O–H groups in total. The van der Waals surface area contributed by atoms with E-state index in [-0.39, 0.29) is 29.7 Å². The van der Waals surface area contributed by atoms with Gasteiger partial charge in [-0.05, 0) is 35.4 Å². The third-order valence-electron chi connectivity index (χ3n) is 3.73. The summed E-state index contributed by atoms with van der Waals surface area (Å²) in [5.74, 6) is -0.000229. The number of rotatable bonds is 8. The van der Waals surface area contributed by atoms with Gasteiger partial charge in [0.25, 0.3) is 0 Å². The summed E-state index contributed by atoms with van der Waals surface area (Å²) in [6.07, 6.45) is 0.0874. The summed E-state index contributed by atoms with van der Waals surface area (Å²) in [7, 11) is -3.63. The predicted molar refractivity (Wildman–Crippen MR) is 95.0 cm³/mol. The van der Waals surface area contributed by atoms with Gasteiger partial charge in [0.15, 0.2) is 0 Å². The largest absolute Gasteiger partial charge is 0.356 e. The van der Waals surface area contributed by atoms with Crippen molar-refractivity contribution in [3.63, 3.8) is 0 Å². The van der Waals surface area contributed by atoms with Crippen LogP contribution in [0, 0.1) is 5.92 Å². The second-order valence-electron chi connectivity index (χ2n) is 5.80. The Kier molecular flexibility index (Phi) is 6.30. The minimum Gasteiger partial charge on any atom is -0.356 e. The molecule has 2 rings (SSSR count). The number of benzene rings is 2. The van der Waals surface area contributed by atoms with Crippen molar-refractivity contribution in [2.24, 2.45) is 11.7 Å². The number of nitrogens with two attached hydrogens (primary N) is 1. The molecule has 0 aliphatic heterocycles. The van der Waals surface area contributed by atoms with Crippen molar-refractivity contribution in [2.45, 2.75) is 18.2 Å². The first-order valence-corrected chi connectivity index (χ1v) is 9.36. The van der Waals surface area contributed by atoms with E-state index in [2.05, 4.69) is 10.0 Å². The summed E-state index contributed by atoms with van der Waals surface area (Å²) < 4.78 is 27.1. The maximum absolute atomic E-state index is 12.3. The average molecular weight is 349 g/mol. The monoisotopic (exact) mass is 349 g/mol. The normalized spacial score (nSPS) is 12.9. The van der Waals surface area contributed by atoms with E-state index in [1.54, 1.807) is 18.2 Å². The van der Waals surface area contributed by atoms with Gasteiger partial charge >= 0.3 is 0 Å². The molecule has 2 aromatic rings. The molecule has 0 saturated carbocycles. The Morgan fingerprint density at radius 1 is 1.17 bits per heavy atom. The van der Waals surface area contributed by atoms with Crippen molar-refractivity contribution in [2.75, 3.05) is 19.6 Å². The lowest BCUT2D eigenvalue weighted by Gasteiger charge is -2.11. The highest BCUT2D eigenvalue weighted by Crippen LogP contribution is 2.18. The zero-order chi connectivity index (χ0) is 17.6. The third-order valence-corrected chi connectivity index (χ3v) is 5.18. The lowest BCUT2D eigenvalue weighted by molar-refractivity contribution is -0.121. The van der Waals surface area contributed by atoms with Crippen molar-refractivity contribution < 1.29 is 13.2 Å². The fraction of sp³-hybridized carbons (Fsp3) is 0.353. The smallest absolute Gasteiger partial charge is 0.240 e. The molecule has 6 nitrogen and oxygen atoms in total. The van der Waals surface area contributed by atoms with Crippen molar-refractivity contribution in [1.29, 1.82) is 0 Å². The van der Waals surface area contributed by atoms with E-state index in [0.717, 1.165) is 10.8 Å². The number of sulfonamides is 1. The molecular formula is C17H23N3O3S. The minimum atomic E-state index is -3.63. The van der Waals surface area contributed by atoms with E-state index in [0.29, 0.717) is 13.1 Å². The van der Waals surface area contributed by atoms with Crippen molar-refractivity contribution >= 4 is 26.7 Å². The Morgan fingerprint density at radius 3 is 2.58 bits per heavy atom. The predicted octanol–water partition coefficient (Wildman–Crippen LogP) is 1.22. The first kappa shape index (κ1) is 18.4. The van der Waals surface area contributed by atoms with Crippen molar-refractivity contribution in [3.8, 4) is 0 Å². The highest BCUT2D eigenvalue weighted by atomic mass is 32.2. The molecule has 2 aromatic carbocycles. The number of carbonyl (C=O) groups is 1. The van der Waals surface area contributed by atoms with Crippen molar-refractivity contribution in [1.82, 2.24) is 10.0 Å². The molecule has 0 saturated heterocycles. The fourth-order valence-electron chi connectivity index (χ4n) is 2.18. The van der Waals surface area contributed by atoms with Gasteiger partial charge in [-0.1, -0.05) is 37.3 Å². The van der Waals surface area contributed by atoms with Crippen LogP contribution in [0.5, 0.6) is 0 Å². The topological polar surface area (TPSA) is 101 Å². The molecule has 0 aliphatic carbocycles. The summed E-state index contributed by atoms with van der Waals surface area (Å²) in [6.45, 7) is 2.97. The maximum Gasteiger partial charge on any atom is 0.240 e. The van der Waals surface area contributed by atoms with Crippen molar-refractivity contribution in [3.05, 3.63) is 42.5 Å². The summed E-state index contributed by atoms with van der Waals surface area (Å²) in [5.41, 5.74) is 5.48. The van der Waals surface area contributed by atoms with E-state index in [1.807, 2.05) is 31.2 Å². The van der Waals surface area contributed by atoms with Crippen LogP contribution in [0.2, 0.25) is 0 Å². The molecule has 0 spiro atoms. The zero-order valence-corrected chi connectivity index (χ0v) is 14.5. The standard InChI is InChI=1S/C17H23N3O3S/c1-13(11-18)12-19-17(21)8-9-20-24(22,23)16-7-6-14-4-2-3-5-15(14)10-16/h2-7,10,13,20H,8-9,11-12,18H2,1H3,(H,19,21). The van der Waals surface area contributed by atoms with E-state index in [9.17, 15) is 13.2 Å². The van der Waals surface area contributed by atoms with Crippen LogP contribution in [-0.4, -0.2) is 34.0 Å². The SMILES string of the molecule is CC(CN)CNC(=O)CCNS(=O)(=O)c1ccc2ccccc2c1. The van der Waals surface area contributed by atoms with E-state index < -0.39 is 10.0 Å². The number of hydrogen-bond donors (Lipinski definition) is 3. The number of fused-ring (bicyclic) bond motifs is 1. The van der Waals surface area contributed by atoms with Gasteiger partial charge in [-0.3, -0.25) is 4.79 Å². The summed E-state index contributed by atoms with van der Waals surface area (Å²) in [5, 5.41) is 4.56. The Hall–Kier alpha value is -1.96. The fourth-order valence-corrected chi connectivity index (χ4v) is 3.24. The molecule has 130 valence electrons. The van der Waals surface area contributed by atoms with Crippen LogP contribution >= 0.6 is 0 Å². The number of amides is 1. The van der Waals surface area contributed by atoms with Crippen LogP contribution in [0.25, 0.3) is 10.8 Å². The summed E-state index contributed by atoms with van der Waals surface area (Å²) >= 11 is 0. The number of carbonyl (C=O) groups excluding carboxylic acids is 1. The van der Waals surface area contributed by atoms with Gasteiger partial charge in [0.2, 0.25) is 15.9 Å². The van der Waals surface area contributed by atoms with Gasteiger partial charge in [0, 0.05) is 19.5 Å². The molecule has 0 bridgehead atoms. The molecule has 7 heteroatoms. The maximum atomic E-state index is 12.3. The average Bonchev–Trinajstić information content (AvgIpc) is 2.59. The molecular weight excluding hydrogens is 326 g/mol. The third kappa shape index (κ3) is 5.02. The van der Waals surface area contributed by atoms with Gasteiger partial charge in [-0.2, -0.15) is 0 Å². The summed E-state index contributed by atoms with van der Waals surface area (Å²) in [6, 6.07) is 12.5. The van der Waals surface area contributed by atoms with Crippen LogP contribution in [0.4, 0.5) is 0 Å². The lowest BCUT2D eigenvalue weighted by atomic mass is 10.1. The Labute approximate surface area is 142 Å². The van der Waals surface area contributed by atoms with Gasteiger partial charge in [0.1, 0.15) is 0 Å². The van der Waals surface area contributed by atoms with Crippen LogP contribution < -0.4 is 15.8 Å². The van der Waals surface area contributed by atoms with E-state index in [4.69, 9.17) is 5.73 Å². The van der Waals surface area contributed by atoms with Gasteiger partial charge in [0.05, 0.1) is 4.90 Å². The highest BCUT2D eigenvalue weighted by Gasteiger charge is 2.14. The second-order valence-corrected chi connectivity index (χ2v) is 7.57. The number of nitrogens with one attached hydrogen (secondary N) is 2. The van der Waals surface area contributed by atoms with Crippen LogP contribution in [0.3, 0.4) is 0 Å². The first-order valence-electron chi connectivity index (χ1n) is 7.87. The Balaban J connectivity index is 1.92.